The Morgan fingerprint density at radius 3 is 2.00 bits per heavy atom. The number of carbonyl (C=O) groups excluding carboxylic acids is 1. The van der Waals surface area contributed by atoms with E-state index < -0.39 is 23.5 Å². The minimum absolute atomic E-state index is 0.117. The number of anilines is 1. The molecule has 0 radical (unpaired) electrons. The number of benzene rings is 1. The molecule has 1 aliphatic heterocycles. The normalized spacial score (nSPS) is 16.2. The second-order valence-electron chi connectivity index (χ2n) is 5.07. The molecular weight excluding hydrogens is 374 g/mol. The second-order valence-corrected chi connectivity index (χ2v) is 6.02. The summed E-state index contributed by atoms with van der Waals surface area (Å²) in [6.07, 6.45) is -11.9. The third-order valence-electron chi connectivity index (χ3n) is 3.51. The molecule has 138 valence electrons. The number of hydrogen-bond donors (Lipinski definition) is 1. The van der Waals surface area contributed by atoms with Gasteiger partial charge in [-0.3, -0.25) is 4.79 Å². The molecule has 1 N–H and O–H groups in total. The SMILES string of the molecule is CCN(C1=NC(=O)CS1)c1ccc(C(O)(C(F)(F)F)C(F)(F)F)cc1. The van der Waals surface area contributed by atoms with Gasteiger partial charge in [-0.15, -0.1) is 0 Å². The lowest BCUT2D eigenvalue weighted by atomic mass is 9.92. The molecule has 4 nitrogen and oxygen atoms in total. The van der Waals surface area contributed by atoms with Crippen LogP contribution in [0.3, 0.4) is 0 Å². The van der Waals surface area contributed by atoms with Crippen LogP contribution in [0.4, 0.5) is 32.0 Å². The van der Waals surface area contributed by atoms with Crippen LogP contribution in [0.1, 0.15) is 12.5 Å². The van der Waals surface area contributed by atoms with Gasteiger partial charge in [0.05, 0.1) is 5.75 Å². The van der Waals surface area contributed by atoms with Crippen LogP contribution < -0.4 is 4.90 Å². The Kier molecular flexibility index (Phi) is 5.11. The van der Waals surface area contributed by atoms with E-state index in [9.17, 15) is 36.2 Å². The Bertz CT molecular complexity index is 670. The molecule has 2 rings (SSSR count). The average molecular weight is 386 g/mol. The van der Waals surface area contributed by atoms with Gasteiger partial charge in [-0.1, -0.05) is 23.9 Å². The van der Waals surface area contributed by atoms with E-state index >= 15 is 0 Å². The van der Waals surface area contributed by atoms with Crippen LogP contribution in [0.25, 0.3) is 0 Å². The van der Waals surface area contributed by atoms with E-state index in [1.165, 1.54) is 4.90 Å². The van der Waals surface area contributed by atoms with Gasteiger partial charge < -0.3 is 10.0 Å². The number of carbonyl (C=O) groups is 1. The zero-order chi connectivity index (χ0) is 19.0. The Labute approximate surface area is 142 Å². The first-order valence-corrected chi connectivity index (χ1v) is 7.88. The summed E-state index contributed by atoms with van der Waals surface area (Å²) < 4.78 is 77.2. The standard InChI is InChI=1S/C14H12F6N2O2S/c1-2-22(11-21-10(23)7-25-11)9-5-3-8(4-6-9)12(24,13(15,16)17)14(18,19)20/h3-6,24H,2,7H2,1H3. The number of nitrogens with zero attached hydrogens (tertiary/aromatic N) is 2. The molecule has 1 aliphatic rings. The fourth-order valence-electron chi connectivity index (χ4n) is 2.23. The highest BCUT2D eigenvalue weighted by Gasteiger charge is 2.71. The summed E-state index contributed by atoms with van der Waals surface area (Å²) in [6, 6.07) is 3.13. The summed E-state index contributed by atoms with van der Waals surface area (Å²) in [5, 5.41) is 9.66. The third kappa shape index (κ3) is 3.47. The third-order valence-corrected chi connectivity index (χ3v) is 4.47. The molecule has 0 aliphatic carbocycles. The monoisotopic (exact) mass is 386 g/mol. The number of hydrogen-bond acceptors (Lipinski definition) is 4. The number of amides is 1. The molecule has 0 aromatic heterocycles. The van der Waals surface area contributed by atoms with E-state index in [0.717, 1.165) is 23.9 Å². The van der Waals surface area contributed by atoms with Crippen LogP contribution in [-0.2, 0) is 10.4 Å². The summed E-state index contributed by atoms with van der Waals surface area (Å²) in [4.78, 5) is 16.4. The zero-order valence-electron chi connectivity index (χ0n) is 12.6. The molecule has 0 unspecified atom stereocenters. The fraction of sp³-hybridized carbons (Fsp3) is 0.429. The minimum atomic E-state index is -5.94. The summed E-state index contributed by atoms with van der Waals surface area (Å²) in [6.45, 7) is 1.98. The van der Waals surface area contributed by atoms with Crippen LogP contribution in [0.2, 0.25) is 0 Å². The number of aliphatic imine (C=N–C) groups is 1. The predicted molar refractivity (Wildman–Crippen MR) is 80.4 cm³/mol. The maximum atomic E-state index is 12.9. The van der Waals surface area contributed by atoms with Gasteiger partial charge in [0.15, 0.2) is 5.17 Å². The number of amidine groups is 1. The Morgan fingerprint density at radius 1 is 1.12 bits per heavy atom. The number of thioether (sulfide) groups is 1. The Morgan fingerprint density at radius 2 is 1.64 bits per heavy atom. The number of aliphatic hydroxyl groups is 1. The summed E-state index contributed by atoms with van der Waals surface area (Å²) in [5.74, 6) is -0.259. The van der Waals surface area contributed by atoms with E-state index in [1.54, 1.807) is 6.92 Å². The van der Waals surface area contributed by atoms with E-state index in [-0.39, 0.29) is 17.3 Å². The van der Waals surface area contributed by atoms with Crippen LogP contribution >= 0.6 is 11.8 Å². The van der Waals surface area contributed by atoms with Gasteiger partial charge in [-0.05, 0) is 19.1 Å². The molecular formula is C14H12F6N2O2S. The van der Waals surface area contributed by atoms with Crippen molar-refractivity contribution >= 4 is 28.5 Å². The van der Waals surface area contributed by atoms with Crippen molar-refractivity contribution in [2.75, 3.05) is 17.2 Å². The van der Waals surface area contributed by atoms with Crippen LogP contribution in [0, 0.1) is 0 Å². The van der Waals surface area contributed by atoms with Gasteiger partial charge in [0.1, 0.15) is 0 Å². The molecule has 11 heteroatoms. The average Bonchev–Trinajstić information content (AvgIpc) is 2.92. The maximum Gasteiger partial charge on any atom is 0.430 e. The zero-order valence-corrected chi connectivity index (χ0v) is 13.5. The van der Waals surface area contributed by atoms with Crippen molar-refractivity contribution in [1.82, 2.24) is 0 Å². The highest BCUT2D eigenvalue weighted by Crippen LogP contribution is 2.50. The molecule has 1 amide bonds. The molecule has 1 heterocycles. The Balaban J connectivity index is 2.41. The van der Waals surface area contributed by atoms with Crippen LogP contribution in [0.5, 0.6) is 0 Å². The van der Waals surface area contributed by atoms with E-state index in [2.05, 4.69) is 4.99 Å². The quantitative estimate of drug-likeness (QED) is 0.809. The highest BCUT2D eigenvalue weighted by atomic mass is 32.2. The molecule has 0 spiro atoms. The first kappa shape index (κ1) is 19.6. The molecule has 0 bridgehead atoms. The molecule has 0 saturated carbocycles. The van der Waals surface area contributed by atoms with Gasteiger partial charge in [0.2, 0.25) is 0 Å². The second kappa shape index (κ2) is 6.52. The van der Waals surface area contributed by atoms with Crippen molar-refractivity contribution in [1.29, 1.82) is 0 Å². The lowest BCUT2D eigenvalue weighted by molar-refractivity contribution is -0.376. The van der Waals surface area contributed by atoms with Crippen molar-refractivity contribution in [2.24, 2.45) is 4.99 Å². The van der Waals surface area contributed by atoms with Crippen molar-refractivity contribution in [2.45, 2.75) is 24.9 Å². The van der Waals surface area contributed by atoms with Gasteiger partial charge in [0, 0.05) is 17.8 Å². The van der Waals surface area contributed by atoms with Crippen LogP contribution in [-0.4, -0.2) is 40.8 Å². The summed E-state index contributed by atoms with van der Waals surface area (Å²) >= 11 is 1.11. The first-order chi connectivity index (χ1) is 11.4. The highest BCUT2D eigenvalue weighted by molar-refractivity contribution is 8.15. The number of alkyl halides is 6. The fourth-order valence-corrected chi connectivity index (χ4v) is 3.11. The van der Waals surface area contributed by atoms with Crippen molar-refractivity contribution in [3.63, 3.8) is 0 Å². The molecule has 0 saturated heterocycles. The van der Waals surface area contributed by atoms with Gasteiger partial charge in [0.25, 0.3) is 11.5 Å². The number of rotatable bonds is 3. The van der Waals surface area contributed by atoms with Gasteiger partial charge in [-0.2, -0.15) is 31.3 Å². The first-order valence-electron chi connectivity index (χ1n) is 6.90. The van der Waals surface area contributed by atoms with E-state index in [4.69, 9.17) is 0 Å². The minimum Gasteiger partial charge on any atom is -0.369 e. The molecule has 25 heavy (non-hydrogen) atoms. The summed E-state index contributed by atoms with van der Waals surface area (Å²) in [7, 11) is 0. The van der Waals surface area contributed by atoms with Crippen molar-refractivity contribution in [3.05, 3.63) is 29.8 Å². The van der Waals surface area contributed by atoms with Gasteiger partial charge >= 0.3 is 12.4 Å². The lowest BCUT2D eigenvalue weighted by Gasteiger charge is -2.33. The van der Waals surface area contributed by atoms with Crippen molar-refractivity contribution in [3.8, 4) is 0 Å². The smallest absolute Gasteiger partial charge is 0.369 e. The largest absolute Gasteiger partial charge is 0.430 e. The van der Waals surface area contributed by atoms with E-state index in [0.29, 0.717) is 23.8 Å². The van der Waals surface area contributed by atoms with E-state index in [1.807, 2.05) is 0 Å². The summed E-state index contributed by atoms with van der Waals surface area (Å²) in [5.41, 5.74) is -6.06. The topological polar surface area (TPSA) is 52.9 Å². The molecule has 1 aromatic carbocycles. The molecule has 0 fully saturated rings. The maximum absolute atomic E-state index is 12.9. The number of halogens is 6. The molecule has 0 atom stereocenters. The van der Waals surface area contributed by atoms with Crippen molar-refractivity contribution < 1.29 is 36.2 Å². The molecule has 1 aromatic rings. The Hall–Kier alpha value is -1.75. The van der Waals surface area contributed by atoms with Gasteiger partial charge in [-0.25, -0.2) is 0 Å². The predicted octanol–water partition coefficient (Wildman–Crippen LogP) is 3.45. The van der Waals surface area contributed by atoms with Crippen LogP contribution in [0.15, 0.2) is 29.3 Å². The lowest BCUT2D eigenvalue weighted by Crippen LogP contribution is -2.53.